The average Bonchev–Trinajstić information content (AvgIpc) is 3.32. The van der Waals surface area contributed by atoms with Crippen molar-refractivity contribution in [3.63, 3.8) is 0 Å². The summed E-state index contributed by atoms with van der Waals surface area (Å²) in [6, 6.07) is 9.45. The lowest BCUT2D eigenvalue weighted by molar-refractivity contribution is 0.0949. The van der Waals surface area contributed by atoms with Crippen LogP contribution in [0.2, 0.25) is 0 Å². The molecular weight excluding hydrogens is 306 g/mol. The van der Waals surface area contributed by atoms with E-state index in [0.717, 1.165) is 5.65 Å². The number of nitrogens with one attached hydrogen (secondary N) is 1. The van der Waals surface area contributed by atoms with E-state index in [9.17, 15) is 4.79 Å². The van der Waals surface area contributed by atoms with E-state index in [-0.39, 0.29) is 12.5 Å². The highest BCUT2D eigenvalue weighted by Gasteiger charge is 2.17. The van der Waals surface area contributed by atoms with Crippen LogP contribution in [0.25, 0.3) is 11.5 Å². The van der Waals surface area contributed by atoms with Gasteiger partial charge in [-0.2, -0.15) is 5.10 Å². The quantitative estimate of drug-likeness (QED) is 0.612. The minimum absolute atomic E-state index is 0.209. The maximum absolute atomic E-state index is 12.6. The zero-order chi connectivity index (χ0) is 16.5. The van der Waals surface area contributed by atoms with E-state index in [0.29, 0.717) is 17.2 Å². The average molecular weight is 321 g/mol. The highest BCUT2D eigenvalue weighted by atomic mass is 16.1. The standard InChI is InChI=1S/C16H15N7O/c1-21-16(22-7-4-5-8-22)12(10-18-21)15(24)17-11-14-20-19-13-6-2-3-9-23(13)14/h2-10H,11H2,1H3,(H,17,24). The normalized spacial score (nSPS) is 11.0. The van der Waals surface area contributed by atoms with Gasteiger partial charge in [0.05, 0.1) is 12.7 Å². The maximum Gasteiger partial charge on any atom is 0.257 e. The van der Waals surface area contributed by atoms with Gasteiger partial charge < -0.3 is 9.88 Å². The van der Waals surface area contributed by atoms with Crippen molar-refractivity contribution in [3.8, 4) is 5.82 Å². The molecule has 0 aliphatic heterocycles. The summed E-state index contributed by atoms with van der Waals surface area (Å²) in [4.78, 5) is 12.6. The molecule has 0 aliphatic carbocycles. The van der Waals surface area contributed by atoms with E-state index in [1.807, 2.05) is 57.9 Å². The third-order valence-electron chi connectivity index (χ3n) is 3.79. The summed E-state index contributed by atoms with van der Waals surface area (Å²) >= 11 is 0. The second-order valence-corrected chi connectivity index (χ2v) is 5.32. The van der Waals surface area contributed by atoms with Gasteiger partial charge in [0, 0.05) is 25.6 Å². The largest absolute Gasteiger partial charge is 0.345 e. The van der Waals surface area contributed by atoms with Crippen molar-refractivity contribution in [2.75, 3.05) is 0 Å². The first kappa shape index (κ1) is 14.2. The number of aromatic nitrogens is 6. The Morgan fingerprint density at radius 3 is 2.75 bits per heavy atom. The predicted octanol–water partition coefficient (Wildman–Crippen LogP) is 1.18. The van der Waals surface area contributed by atoms with Crippen molar-refractivity contribution in [2.45, 2.75) is 6.54 Å². The molecule has 0 spiro atoms. The summed E-state index contributed by atoms with van der Waals surface area (Å²) < 4.78 is 5.37. The van der Waals surface area contributed by atoms with Gasteiger partial charge in [-0.15, -0.1) is 10.2 Å². The van der Waals surface area contributed by atoms with Crippen LogP contribution in [0.4, 0.5) is 0 Å². The Morgan fingerprint density at radius 1 is 1.12 bits per heavy atom. The number of hydrogen-bond donors (Lipinski definition) is 1. The van der Waals surface area contributed by atoms with Crippen molar-refractivity contribution in [1.29, 1.82) is 0 Å². The third kappa shape index (κ3) is 2.34. The van der Waals surface area contributed by atoms with Crippen LogP contribution >= 0.6 is 0 Å². The van der Waals surface area contributed by atoms with Gasteiger partial charge in [0.15, 0.2) is 11.5 Å². The summed E-state index contributed by atoms with van der Waals surface area (Å²) in [7, 11) is 1.80. The molecule has 120 valence electrons. The third-order valence-corrected chi connectivity index (χ3v) is 3.79. The van der Waals surface area contributed by atoms with Gasteiger partial charge in [0.25, 0.3) is 5.91 Å². The first-order valence-electron chi connectivity index (χ1n) is 7.46. The van der Waals surface area contributed by atoms with Crippen molar-refractivity contribution in [2.24, 2.45) is 7.05 Å². The Balaban J connectivity index is 1.57. The molecule has 1 amide bonds. The second kappa shape index (κ2) is 5.65. The molecule has 0 atom stereocenters. The number of nitrogens with zero attached hydrogens (tertiary/aromatic N) is 6. The predicted molar refractivity (Wildman–Crippen MR) is 86.7 cm³/mol. The van der Waals surface area contributed by atoms with Crippen molar-refractivity contribution >= 4 is 11.6 Å². The molecule has 0 aromatic carbocycles. The van der Waals surface area contributed by atoms with Crippen molar-refractivity contribution in [3.05, 3.63) is 66.5 Å². The number of amides is 1. The Bertz CT molecular complexity index is 997. The van der Waals surface area contributed by atoms with Gasteiger partial charge >= 0.3 is 0 Å². The Hall–Kier alpha value is -3.42. The first-order valence-corrected chi connectivity index (χ1v) is 7.46. The van der Waals surface area contributed by atoms with Crippen molar-refractivity contribution < 1.29 is 4.79 Å². The molecule has 0 aliphatic rings. The molecule has 0 saturated carbocycles. The highest BCUT2D eigenvalue weighted by molar-refractivity contribution is 5.97. The van der Waals surface area contributed by atoms with Crippen LogP contribution < -0.4 is 5.32 Å². The molecule has 1 N–H and O–H groups in total. The minimum Gasteiger partial charge on any atom is -0.345 e. The zero-order valence-electron chi connectivity index (χ0n) is 13.0. The maximum atomic E-state index is 12.6. The van der Waals surface area contributed by atoms with Crippen LogP contribution in [0.15, 0.2) is 55.1 Å². The summed E-state index contributed by atoms with van der Waals surface area (Å²) in [6.07, 6.45) is 7.18. The molecule has 4 rings (SSSR count). The van der Waals surface area contributed by atoms with Gasteiger partial charge in [-0.25, -0.2) is 0 Å². The molecule has 0 unspecified atom stereocenters. The van der Waals surface area contributed by atoms with E-state index in [1.54, 1.807) is 17.9 Å². The van der Waals surface area contributed by atoms with E-state index in [2.05, 4.69) is 20.6 Å². The van der Waals surface area contributed by atoms with Crippen LogP contribution in [0.1, 0.15) is 16.2 Å². The molecular formula is C16H15N7O. The SMILES string of the molecule is Cn1ncc(C(=O)NCc2nnc3ccccn23)c1-n1cccc1. The van der Waals surface area contributed by atoms with Crippen LogP contribution in [0.5, 0.6) is 0 Å². The molecule has 0 saturated heterocycles. The van der Waals surface area contributed by atoms with Gasteiger partial charge in [-0.3, -0.25) is 13.9 Å². The zero-order valence-corrected chi connectivity index (χ0v) is 13.0. The summed E-state index contributed by atoms with van der Waals surface area (Å²) in [5.41, 5.74) is 1.25. The fourth-order valence-corrected chi connectivity index (χ4v) is 2.64. The summed E-state index contributed by atoms with van der Waals surface area (Å²) in [5.74, 6) is 1.17. The number of fused-ring (bicyclic) bond motifs is 1. The van der Waals surface area contributed by atoms with Gasteiger partial charge in [-0.1, -0.05) is 6.07 Å². The summed E-state index contributed by atoms with van der Waals surface area (Å²) in [6.45, 7) is 0.282. The van der Waals surface area contributed by atoms with E-state index >= 15 is 0 Å². The lowest BCUT2D eigenvalue weighted by Crippen LogP contribution is -2.25. The van der Waals surface area contributed by atoms with Gasteiger partial charge in [0.1, 0.15) is 11.4 Å². The van der Waals surface area contributed by atoms with E-state index < -0.39 is 0 Å². The molecule has 0 bridgehead atoms. The Morgan fingerprint density at radius 2 is 1.92 bits per heavy atom. The number of aryl methyl sites for hydroxylation is 1. The Kier molecular flexibility index (Phi) is 3.34. The van der Waals surface area contributed by atoms with E-state index in [4.69, 9.17) is 0 Å². The fourth-order valence-electron chi connectivity index (χ4n) is 2.64. The van der Waals surface area contributed by atoms with Crippen LogP contribution in [-0.4, -0.2) is 34.9 Å². The van der Waals surface area contributed by atoms with Gasteiger partial charge in [0.2, 0.25) is 0 Å². The van der Waals surface area contributed by atoms with Crippen molar-refractivity contribution in [1.82, 2.24) is 34.3 Å². The van der Waals surface area contributed by atoms with E-state index in [1.165, 1.54) is 0 Å². The molecule has 0 fully saturated rings. The monoisotopic (exact) mass is 321 g/mol. The molecule has 0 radical (unpaired) electrons. The number of carbonyl (C=O) groups is 1. The lowest BCUT2D eigenvalue weighted by atomic mass is 10.3. The molecule has 4 aromatic heterocycles. The molecule has 8 heteroatoms. The summed E-state index contributed by atoms with van der Waals surface area (Å²) in [5, 5.41) is 15.3. The van der Waals surface area contributed by atoms with Crippen LogP contribution in [0, 0.1) is 0 Å². The minimum atomic E-state index is -0.209. The lowest BCUT2D eigenvalue weighted by Gasteiger charge is -2.08. The number of hydrogen-bond acceptors (Lipinski definition) is 4. The topological polar surface area (TPSA) is 82.0 Å². The van der Waals surface area contributed by atoms with Crippen LogP contribution in [0.3, 0.4) is 0 Å². The first-order chi connectivity index (χ1) is 11.7. The molecule has 4 heterocycles. The number of rotatable bonds is 4. The number of carbonyl (C=O) groups excluding carboxylic acids is 1. The number of pyridine rings is 1. The fraction of sp³-hybridized carbons (Fsp3) is 0.125. The molecule has 24 heavy (non-hydrogen) atoms. The van der Waals surface area contributed by atoms with Gasteiger partial charge in [-0.05, 0) is 24.3 Å². The molecule has 8 nitrogen and oxygen atoms in total. The van der Waals surface area contributed by atoms with Crippen LogP contribution in [-0.2, 0) is 13.6 Å². The second-order valence-electron chi connectivity index (χ2n) is 5.32. The highest BCUT2D eigenvalue weighted by Crippen LogP contribution is 2.14. The Labute approximate surface area is 137 Å². The molecule has 4 aromatic rings. The smallest absolute Gasteiger partial charge is 0.257 e.